The predicted molar refractivity (Wildman–Crippen MR) is 145 cm³/mol. The third-order valence-corrected chi connectivity index (χ3v) is 7.56. The zero-order valence-corrected chi connectivity index (χ0v) is 23.7. The van der Waals surface area contributed by atoms with Crippen LogP contribution in [0.3, 0.4) is 0 Å². The molecule has 11 heteroatoms. The highest BCUT2D eigenvalue weighted by Crippen LogP contribution is 2.40. The second kappa shape index (κ2) is 11.6. The second-order valence-electron chi connectivity index (χ2n) is 6.66. The standard InChI is InChI=1S/C21H19I3N2O6/c1-4-11(20(29)30)12-7-5-6-8-13(12)32-21(31)14-15(22)18(25-9(2)27)17(24)19(16(14)23)26-10(3)28/h5-8,11H,4H2,1-3H3,(H,25,27)(H,26,28)(H,29,30). The molecule has 1 unspecified atom stereocenters. The number of benzene rings is 2. The highest BCUT2D eigenvalue weighted by Gasteiger charge is 2.28. The van der Waals surface area contributed by atoms with Crippen LogP contribution in [0.1, 0.15) is 49.0 Å². The zero-order chi connectivity index (χ0) is 24.2. The number of aliphatic carboxylic acids is 1. The summed E-state index contributed by atoms with van der Waals surface area (Å²) in [6.07, 6.45) is 0.321. The fourth-order valence-electron chi connectivity index (χ4n) is 2.95. The molecule has 0 saturated heterocycles. The van der Waals surface area contributed by atoms with E-state index in [4.69, 9.17) is 4.74 Å². The van der Waals surface area contributed by atoms with E-state index in [1.807, 2.05) is 67.8 Å². The molecule has 32 heavy (non-hydrogen) atoms. The fraction of sp³-hybridized carbons (Fsp3) is 0.238. The highest BCUT2D eigenvalue weighted by molar-refractivity contribution is 14.1. The van der Waals surface area contributed by atoms with Crippen LogP contribution < -0.4 is 15.4 Å². The molecule has 170 valence electrons. The number of para-hydroxylation sites is 1. The molecule has 0 aliphatic rings. The number of carboxylic acids is 1. The monoisotopic (exact) mass is 776 g/mol. The van der Waals surface area contributed by atoms with Gasteiger partial charge in [-0.1, -0.05) is 25.1 Å². The molecule has 0 aliphatic heterocycles. The number of halogens is 3. The molecule has 0 saturated carbocycles. The molecule has 1 atom stereocenters. The van der Waals surface area contributed by atoms with E-state index in [0.29, 0.717) is 34.1 Å². The maximum Gasteiger partial charge on any atom is 0.345 e. The first-order chi connectivity index (χ1) is 15.0. The molecule has 8 nitrogen and oxygen atoms in total. The lowest BCUT2D eigenvalue weighted by molar-refractivity contribution is -0.139. The minimum absolute atomic E-state index is 0.138. The molecule has 2 aromatic rings. The summed E-state index contributed by atoms with van der Waals surface area (Å²) in [4.78, 5) is 48.4. The summed E-state index contributed by atoms with van der Waals surface area (Å²) in [6.45, 7) is 4.42. The van der Waals surface area contributed by atoms with Crippen LogP contribution in [0.25, 0.3) is 0 Å². The van der Waals surface area contributed by atoms with E-state index < -0.39 is 17.9 Å². The molecule has 3 N–H and O–H groups in total. The number of hydrogen-bond donors (Lipinski definition) is 3. The number of nitrogens with one attached hydrogen (secondary N) is 2. The summed E-state index contributed by atoms with van der Waals surface area (Å²) in [5.74, 6) is -3.13. The number of anilines is 2. The molecule has 0 bridgehead atoms. The van der Waals surface area contributed by atoms with Gasteiger partial charge in [-0.05, 0) is 80.3 Å². The molecule has 2 amide bonds. The lowest BCUT2D eigenvalue weighted by Crippen LogP contribution is -2.21. The predicted octanol–water partition coefficient (Wildman–Crippen LogP) is 5.21. The fourth-order valence-corrected chi connectivity index (χ4v) is 7.10. The molecule has 0 heterocycles. The Labute approximate surface area is 225 Å². The minimum Gasteiger partial charge on any atom is -0.481 e. The van der Waals surface area contributed by atoms with Gasteiger partial charge in [-0.2, -0.15) is 0 Å². The first-order valence-corrected chi connectivity index (χ1v) is 12.5. The number of hydrogen-bond acceptors (Lipinski definition) is 5. The Morgan fingerprint density at radius 3 is 1.88 bits per heavy atom. The summed E-state index contributed by atoms with van der Waals surface area (Å²) in [6, 6.07) is 6.48. The Morgan fingerprint density at radius 1 is 0.938 bits per heavy atom. The molecule has 0 radical (unpaired) electrons. The molecule has 2 aromatic carbocycles. The van der Waals surface area contributed by atoms with Crippen molar-refractivity contribution in [2.75, 3.05) is 10.6 Å². The van der Waals surface area contributed by atoms with Crippen molar-refractivity contribution in [3.8, 4) is 5.75 Å². The van der Waals surface area contributed by atoms with Gasteiger partial charge in [-0.25, -0.2) is 4.79 Å². The number of esters is 1. The SMILES string of the molecule is CCC(C(=O)O)c1ccccc1OC(=O)c1c(I)c(NC(C)=O)c(I)c(NC(C)=O)c1I. The Morgan fingerprint density at radius 2 is 1.44 bits per heavy atom. The van der Waals surface area contributed by atoms with Crippen LogP contribution >= 0.6 is 67.8 Å². The van der Waals surface area contributed by atoms with Gasteiger partial charge < -0.3 is 20.5 Å². The molecule has 0 aliphatic carbocycles. The molecular formula is C21H19I3N2O6. The Kier molecular flexibility index (Phi) is 9.68. The Hall–Kier alpha value is -1.49. The first kappa shape index (κ1) is 26.8. The van der Waals surface area contributed by atoms with Gasteiger partial charge >= 0.3 is 11.9 Å². The number of amides is 2. The quantitative estimate of drug-likeness (QED) is 0.202. The smallest absolute Gasteiger partial charge is 0.345 e. The van der Waals surface area contributed by atoms with Gasteiger partial charge in [0.1, 0.15) is 5.75 Å². The van der Waals surface area contributed by atoms with Crippen LogP contribution in [0.15, 0.2) is 24.3 Å². The van der Waals surface area contributed by atoms with Crippen molar-refractivity contribution in [1.82, 2.24) is 0 Å². The van der Waals surface area contributed by atoms with E-state index in [1.54, 1.807) is 25.1 Å². The summed E-state index contributed by atoms with van der Waals surface area (Å²) in [5, 5.41) is 14.9. The van der Waals surface area contributed by atoms with E-state index in [2.05, 4.69) is 10.6 Å². The number of carbonyl (C=O) groups is 4. The van der Waals surface area contributed by atoms with Gasteiger partial charge in [0.25, 0.3) is 0 Å². The van der Waals surface area contributed by atoms with Crippen LogP contribution in [0.2, 0.25) is 0 Å². The van der Waals surface area contributed by atoms with Crippen molar-refractivity contribution in [2.45, 2.75) is 33.1 Å². The van der Waals surface area contributed by atoms with Crippen molar-refractivity contribution in [2.24, 2.45) is 0 Å². The van der Waals surface area contributed by atoms with Gasteiger partial charge in [0.15, 0.2) is 0 Å². The van der Waals surface area contributed by atoms with Gasteiger partial charge in [-0.15, -0.1) is 0 Å². The Balaban J connectivity index is 2.63. The van der Waals surface area contributed by atoms with Crippen molar-refractivity contribution in [3.05, 3.63) is 46.1 Å². The summed E-state index contributed by atoms with van der Waals surface area (Å²) in [5.41, 5.74) is 1.29. The molecule has 0 aromatic heterocycles. The molecule has 0 fully saturated rings. The summed E-state index contributed by atoms with van der Waals surface area (Å²) >= 11 is 5.88. The lowest BCUT2D eigenvalue weighted by atomic mass is 9.96. The van der Waals surface area contributed by atoms with Gasteiger partial charge in [0.05, 0.1) is 33.6 Å². The lowest BCUT2D eigenvalue weighted by Gasteiger charge is -2.20. The van der Waals surface area contributed by atoms with E-state index in [9.17, 15) is 24.3 Å². The molecule has 0 spiro atoms. The normalized spacial score (nSPS) is 11.4. The maximum absolute atomic E-state index is 13.3. The number of carbonyl (C=O) groups excluding carboxylic acids is 3. The second-order valence-corrected chi connectivity index (χ2v) is 9.89. The van der Waals surface area contributed by atoms with E-state index in [0.717, 1.165) is 0 Å². The summed E-state index contributed by atoms with van der Waals surface area (Å²) < 4.78 is 7.09. The van der Waals surface area contributed by atoms with Gasteiger partial charge in [0.2, 0.25) is 11.8 Å². The van der Waals surface area contributed by atoms with Crippen LogP contribution in [-0.2, 0) is 14.4 Å². The summed E-state index contributed by atoms with van der Waals surface area (Å²) in [7, 11) is 0. The van der Waals surface area contributed by atoms with Gasteiger partial charge in [-0.3, -0.25) is 14.4 Å². The topological polar surface area (TPSA) is 122 Å². The molecular weight excluding hydrogens is 757 g/mol. The van der Waals surface area contributed by atoms with Crippen molar-refractivity contribution < 1.29 is 29.0 Å². The van der Waals surface area contributed by atoms with E-state index >= 15 is 0 Å². The highest BCUT2D eigenvalue weighted by atomic mass is 127. The number of ether oxygens (including phenoxy) is 1. The Bertz CT molecular complexity index is 1060. The van der Waals surface area contributed by atoms with Crippen LogP contribution in [0, 0.1) is 10.7 Å². The van der Waals surface area contributed by atoms with Crippen LogP contribution in [0.4, 0.5) is 11.4 Å². The number of rotatable bonds is 7. The van der Waals surface area contributed by atoms with Gasteiger partial charge in [0, 0.05) is 19.4 Å². The van der Waals surface area contributed by atoms with Crippen molar-refractivity contribution in [1.29, 1.82) is 0 Å². The largest absolute Gasteiger partial charge is 0.481 e. The average molecular weight is 776 g/mol. The van der Waals surface area contributed by atoms with Crippen molar-refractivity contribution in [3.63, 3.8) is 0 Å². The van der Waals surface area contributed by atoms with E-state index in [1.165, 1.54) is 19.9 Å². The van der Waals surface area contributed by atoms with Crippen LogP contribution in [0.5, 0.6) is 5.75 Å². The minimum atomic E-state index is -1.02. The third kappa shape index (κ3) is 6.09. The average Bonchev–Trinajstić information content (AvgIpc) is 2.70. The maximum atomic E-state index is 13.3. The zero-order valence-electron chi connectivity index (χ0n) is 17.2. The van der Waals surface area contributed by atoms with E-state index in [-0.39, 0.29) is 23.1 Å². The first-order valence-electron chi connectivity index (χ1n) is 9.29. The third-order valence-electron chi connectivity index (χ3n) is 4.33. The number of carboxylic acid groups (broad SMARTS) is 1. The van der Waals surface area contributed by atoms with Crippen molar-refractivity contribution >= 4 is 103 Å². The molecule has 2 rings (SSSR count). The van der Waals surface area contributed by atoms with Crippen LogP contribution in [-0.4, -0.2) is 28.9 Å².